The van der Waals surface area contributed by atoms with E-state index in [1.54, 1.807) is 13.8 Å². The molecule has 0 saturated heterocycles. The Kier molecular flexibility index (Phi) is 4.77. The number of halogens is 1. The van der Waals surface area contributed by atoms with Gasteiger partial charge in [-0.3, -0.25) is 0 Å². The molecule has 1 aliphatic rings. The lowest BCUT2D eigenvalue weighted by Crippen LogP contribution is -2.15. The van der Waals surface area contributed by atoms with Crippen LogP contribution >= 0.6 is 0 Å². The molecule has 0 spiro atoms. The quantitative estimate of drug-likeness (QED) is 0.614. The summed E-state index contributed by atoms with van der Waals surface area (Å²) >= 11 is 0. The molecule has 0 aliphatic heterocycles. The minimum atomic E-state index is -0.845. The van der Waals surface area contributed by atoms with Crippen molar-refractivity contribution in [2.24, 2.45) is 5.92 Å². The molecule has 1 fully saturated rings. The van der Waals surface area contributed by atoms with E-state index in [4.69, 9.17) is 0 Å². The lowest BCUT2D eigenvalue weighted by atomic mass is 9.84. The largest absolute Gasteiger partial charge is 0.386 e. The predicted molar refractivity (Wildman–Crippen MR) is 106 cm³/mol. The van der Waals surface area contributed by atoms with Crippen LogP contribution < -0.4 is 0 Å². The van der Waals surface area contributed by atoms with Crippen molar-refractivity contribution in [1.29, 1.82) is 0 Å². The highest BCUT2D eigenvalue weighted by Crippen LogP contribution is 2.38. The van der Waals surface area contributed by atoms with Crippen molar-refractivity contribution in [3.63, 3.8) is 0 Å². The van der Waals surface area contributed by atoms with Crippen LogP contribution in [-0.2, 0) is 5.60 Å². The summed E-state index contributed by atoms with van der Waals surface area (Å²) in [6.45, 7) is 3.60. The number of benzene rings is 1. The first-order valence-electron chi connectivity index (χ1n) is 9.87. The molecule has 1 aromatic carbocycles. The van der Waals surface area contributed by atoms with E-state index in [2.05, 4.69) is 22.1 Å². The molecule has 2 N–H and O–H groups in total. The van der Waals surface area contributed by atoms with Gasteiger partial charge in [-0.15, -0.1) is 0 Å². The zero-order valence-electron chi connectivity index (χ0n) is 16.0. The number of rotatable bonds is 5. The summed E-state index contributed by atoms with van der Waals surface area (Å²) < 4.78 is 13.6. The average Bonchev–Trinajstić information content (AvgIpc) is 3.28. The van der Waals surface area contributed by atoms with Crippen LogP contribution in [0.25, 0.3) is 11.0 Å². The molecule has 27 heavy (non-hydrogen) atoms. The van der Waals surface area contributed by atoms with E-state index in [1.807, 2.05) is 18.2 Å². The summed E-state index contributed by atoms with van der Waals surface area (Å²) in [5.41, 5.74) is 3.11. The maximum atomic E-state index is 13.6. The summed E-state index contributed by atoms with van der Waals surface area (Å²) in [4.78, 5) is 7.61. The number of aliphatic hydroxyl groups is 1. The molecule has 0 bridgehead atoms. The van der Waals surface area contributed by atoms with Crippen LogP contribution in [0.5, 0.6) is 0 Å². The Morgan fingerprint density at radius 1 is 1.19 bits per heavy atom. The van der Waals surface area contributed by atoms with Gasteiger partial charge in [0.1, 0.15) is 11.5 Å². The molecule has 142 valence electrons. The fourth-order valence-electron chi connectivity index (χ4n) is 4.34. The summed E-state index contributed by atoms with van der Waals surface area (Å²) in [5, 5.41) is 11.1. The highest BCUT2D eigenvalue weighted by atomic mass is 19.1. The summed E-state index contributed by atoms with van der Waals surface area (Å²) in [6, 6.07) is 11.8. The Hall–Kier alpha value is -2.20. The van der Waals surface area contributed by atoms with E-state index >= 15 is 0 Å². The molecule has 3 nitrogen and oxygen atoms in total. The average molecular weight is 366 g/mol. The molecule has 2 aromatic heterocycles. The third kappa shape index (κ3) is 3.91. The van der Waals surface area contributed by atoms with Crippen molar-refractivity contribution >= 4 is 11.0 Å². The first-order chi connectivity index (χ1) is 12.9. The van der Waals surface area contributed by atoms with Crippen molar-refractivity contribution < 1.29 is 9.50 Å². The number of aromatic nitrogens is 2. The van der Waals surface area contributed by atoms with E-state index in [-0.39, 0.29) is 11.7 Å². The highest BCUT2D eigenvalue weighted by Gasteiger charge is 2.25. The van der Waals surface area contributed by atoms with E-state index in [9.17, 15) is 9.50 Å². The van der Waals surface area contributed by atoms with Gasteiger partial charge < -0.3 is 10.1 Å². The monoisotopic (exact) mass is 366 g/mol. The van der Waals surface area contributed by atoms with Crippen molar-refractivity contribution in [2.45, 2.75) is 57.5 Å². The number of hydrogen-bond acceptors (Lipinski definition) is 2. The standard InChI is InChI=1S/C23H27FN2O/c1-23(2,27)18-9-7-16(8-10-18)20(11-15-5-3-4-6-15)21-13-17-12-19(24)14-25-22(17)26-21/h7-10,12-15,20,27H,3-6,11H2,1-2H3,(H,25,26). The predicted octanol–water partition coefficient (Wildman–Crippen LogP) is 5.64. The second-order valence-electron chi connectivity index (χ2n) is 8.44. The smallest absolute Gasteiger partial charge is 0.142 e. The SMILES string of the molecule is CC(C)(O)c1ccc(C(CC2CCCC2)c2cc3cc(F)cnc3[nH]2)cc1. The molecule has 1 unspecified atom stereocenters. The summed E-state index contributed by atoms with van der Waals surface area (Å²) in [7, 11) is 0. The Morgan fingerprint density at radius 2 is 1.89 bits per heavy atom. The second-order valence-corrected chi connectivity index (χ2v) is 8.44. The Morgan fingerprint density at radius 3 is 2.56 bits per heavy atom. The number of aromatic amines is 1. The van der Waals surface area contributed by atoms with Gasteiger partial charge in [0.15, 0.2) is 0 Å². The fourth-order valence-corrected chi connectivity index (χ4v) is 4.34. The Balaban J connectivity index is 1.71. The lowest BCUT2D eigenvalue weighted by molar-refractivity contribution is 0.0786. The van der Waals surface area contributed by atoms with Crippen LogP contribution in [0.4, 0.5) is 4.39 Å². The van der Waals surface area contributed by atoms with Crippen molar-refractivity contribution in [2.75, 3.05) is 0 Å². The molecule has 1 saturated carbocycles. The van der Waals surface area contributed by atoms with Gasteiger partial charge in [0, 0.05) is 17.0 Å². The van der Waals surface area contributed by atoms with Gasteiger partial charge >= 0.3 is 0 Å². The van der Waals surface area contributed by atoms with Gasteiger partial charge in [-0.1, -0.05) is 49.9 Å². The molecule has 0 amide bonds. The maximum absolute atomic E-state index is 13.6. The van der Waals surface area contributed by atoms with Crippen molar-refractivity contribution in [3.8, 4) is 0 Å². The zero-order valence-corrected chi connectivity index (χ0v) is 16.0. The van der Waals surface area contributed by atoms with Crippen LogP contribution in [0.1, 0.15) is 68.7 Å². The first-order valence-corrected chi connectivity index (χ1v) is 9.87. The first kappa shape index (κ1) is 18.2. The van der Waals surface area contributed by atoms with Gasteiger partial charge in [-0.2, -0.15) is 0 Å². The van der Waals surface area contributed by atoms with Crippen LogP contribution in [0.3, 0.4) is 0 Å². The molecule has 4 heteroatoms. The van der Waals surface area contributed by atoms with E-state index in [1.165, 1.54) is 43.5 Å². The van der Waals surface area contributed by atoms with Crippen LogP contribution in [-0.4, -0.2) is 15.1 Å². The molecule has 3 aromatic rings. The number of H-pyrrole nitrogens is 1. The van der Waals surface area contributed by atoms with Crippen molar-refractivity contribution in [3.05, 3.63) is 65.2 Å². The summed E-state index contributed by atoms with van der Waals surface area (Å²) in [5.74, 6) is 0.635. The molecular formula is C23H27FN2O. The van der Waals surface area contributed by atoms with Gasteiger partial charge in [0.05, 0.1) is 11.8 Å². The van der Waals surface area contributed by atoms with Gasteiger partial charge in [0.2, 0.25) is 0 Å². The van der Waals surface area contributed by atoms with E-state index in [0.29, 0.717) is 0 Å². The Bertz CT molecular complexity index is 918. The van der Waals surface area contributed by atoms with Crippen LogP contribution in [0, 0.1) is 11.7 Å². The zero-order chi connectivity index (χ0) is 19.0. The van der Waals surface area contributed by atoms with E-state index in [0.717, 1.165) is 34.6 Å². The van der Waals surface area contributed by atoms with Gasteiger partial charge in [-0.25, -0.2) is 9.37 Å². The van der Waals surface area contributed by atoms with Crippen molar-refractivity contribution in [1.82, 2.24) is 9.97 Å². The number of pyridine rings is 1. The summed E-state index contributed by atoms with van der Waals surface area (Å²) in [6.07, 6.45) is 7.53. The minimum absolute atomic E-state index is 0.223. The van der Waals surface area contributed by atoms with Crippen LogP contribution in [0.2, 0.25) is 0 Å². The van der Waals surface area contributed by atoms with E-state index < -0.39 is 5.60 Å². The Labute approximate surface area is 159 Å². The number of hydrogen-bond donors (Lipinski definition) is 2. The van der Waals surface area contributed by atoms with Gasteiger partial charge in [0.25, 0.3) is 0 Å². The molecule has 2 heterocycles. The number of nitrogens with one attached hydrogen (secondary N) is 1. The maximum Gasteiger partial charge on any atom is 0.142 e. The second kappa shape index (κ2) is 7.08. The molecule has 1 atom stereocenters. The normalized spacial score (nSPS) is 16.9. The molecule has 4 rings (SSSR count). The van der Waals surface area contributed by atoms with Gasteiger partial charge in [-0.05, 0) is 49.4 Å². The topological polar surface area (TPSA) is 48.9 Å². The molecule has 0 radical (unpaired) electrons. The lowest BCUT2D eigenvalue weighted by Gasteiger charge is -2.22. The minimum Gasteiger partial charge on any atom is -0.386 e. The number of fused-ring (bicyclic) bond motifs is 1. The third-order valence-electron chi connectivity index (χ3n) is 5.90. The van der Waals surface area contributed by atoms with Crippen LogP contribution in [0.15, 0.2) is 42.6 Å². The molecule has 1 aliphatic carbocycles. The third-order valence-corrected chi connectivity index (χ3v) is 5.90. The highest BCUT2D eigenvalue weighted by molar-refractivity contribution is 5.76. The number of nitrogens with zero attached hydrogens (tertiary/aromatic N) is 1. The molecular weight excluding hydrogens is 339 g/mol. The fraction of sp³-hybridized carbons (Fsp3) is 0.435.